The van der Waals surface area contributed by atoms with Gasteiger partial charge < -0.3 is 24.0 Å². The van der Waals surface area contributed by atoms with Crippen LogP contribution in [0.3, 0.4) is 0 Å². The molecule has 1 saturated heterocycles. The van der Waals surface area contributed by atoms with E-state index < -0.39 is 0 Å². The summed E-state index contributed by atoms with van der Waals surface area (Å²) in [4.78, 5) is 33.9. The Labute approximate surface area is 257 Å². The number of hydrogen-bond acceptors (Lipinski definition) is 9. The summed E-state index contributed by atoms with van der Waals surface area (Å²) in [6, 6.07) is 9.52. The van der Waals surface area contributed by atoms with E-state index in [1.165, 1.54) is 0 Å². The molecular formula is C29H34Br2N6O4. The van der Waals surface area contributed by atoms with Crippen molar-refractivity contribution in [3.63, 3.8) is 0 Å². The summed E-state index contributed by atoms with van der Waals surface area (Å²) in [7, 11) is 1.59. The third kappa shape index (κ3) is 6.60. The molecule has 5 rings (SSSR count). The van der Waals surface area contributed by atoms with Crippen LogP contribution in [0, 0.1) is 0 Å². The standard InChI is InChI=1S/C29H34Br2N6O4/c1-4-22-15-25(27-24(6-7-26(34-27)39-3)37(22)29(38)41-5-2)36(18-19-12-20(30)14-21(31)13-19)28-32-16-23(17-33-28)35-8-10-40-11-9-35/h6-7,12-14,16-17,22,25H,4-5,8-11,15,18H2,1-3H3/t22-,25?/m1/s1. The molecule has 0 radical (unpaired) electrons. The minimum Gasteiger partial charge on any atom is -0.481 e. The largest absolute Gasteiger partial charge is 0.481 e. The van der Waals surface area contributed by atoms with E-state index in [4.69, 9.17) is 29.2 Å². The van der Waals surface area contributed by atoms with Crippen LogP contribution in [-0.2, 0) is 16.0 Å². The van der Waals surface area contributed by atoms with Crippen molar-refractivity contribution in [1.82, 2.24) is 15.0 Å². The van der Waals surface area contributed by atoms with Gasteiger partial charge in [-0.25, -0.2) is 19.7 Å². The molecule has 0 N–H and O–H groups in total. The van der Waals surface area contributed by atoms with Gasteiger partial charge in [0.25, 0.3) is 0 Å². The smallest absolute Gasteiger partial charge is 0.414 e. The maximum atomic E-state index is 13.2. The van der Waals surface area contributed by atoms with E-state index in [0.717, 1.165) is 45.4 Å². The minimum atomic E-state index is -0.375. The average molecular weight is 690 g/mol. The number of anilines is 3. The first kappa shape index (κ1) is 29.5. The molecule has 2 aliphatic rings. The van der Waals surface area contributed by atoms with Crippen LogP contribution in [0.25, 0.3) is 0 Å². The van der Waals surface area contributed by atoms with Crippen LogP contribution in [0.5, 0.6) is 5.88 Å². The van der Waals surface area contributed by atoms with Crippen LogP contribution in [0.1, 0.15) is 44.0 Å². The fourth-order valence-corrected chi connectivity index (χ4v) is 6.80. The fraction of sp³-hybridized carbons (Fsp3) is 0.448. The molecule has 2 aliphatic heterocycles. The number of aromatic nitrogens is 3. The van der Waals surface area contributed by atoms with Gasteiger partial charge in [-0.15, -0.1) is 0 Å². The molecule has 1 unspecified atom stereocenters. The molecule has 4 heterocycles. The van der Waals surface area contributed by atoms with Crippen LogP contribution in [0.4, 0.5) is 22.1 Å². The van der Waals surface area contributed by atoms with E-state index >= 15 is 0 Å². The lowest BCUT2D eigenvalue weighted by molar-refractivity contribution is 0.122. The van der Waals surface area contributed by atoms with Gasteiger partial charge in [-0.3, -0.25) is 4.90 Å². The summed E-state index contributed by atoms with van der Waals surface area (Å²) in [5.74, 6) is 1.05. The molecule has 0 bridgehead atoms. The number of nitrogens with zero attached hydrogens (tertiary/aromatic N) is 6. The summed E-state index contributed by atoms with van der Waals surface area (Å²) < 4.78 is 18.4. The van der Waals surface area contributed by atoms with Gasteiger partial charge in [-0.1, -0.05) is 38.8 Å². The highest BCUT2D eigenvalue weighted by molar-refractivity contribution is 9.11. The lowest BCUT2D eigenvalue weighted by Crippen LogP contribution is -2.48. The van der Waals surface area contributed by atoms with Gasteiger partial charge >= 0.3 is 6.09 Å². The van der Waals surface area contributed by atoms with Crippen LogP contribution < -0.4 is 19.4 Å². The van der Waals surface area contributed by atoms with Crippen molar-refractivity contribution >= 4 is 55.3 Å². The number of ether oxygens (including phenoxy) is 3. The lowest BCUT2D eigenvalue weighted by atomic mass is 9.92. The van der Waals surface area contributed by atoms with E-state index in [-0.39, 0.29) is 18.2 Å². The van der Waals surface area contributed by atoms with Gasteiger partial charge in [0.15, 0.2) is 0 Å². The van der Waals surface area contributed by atoms with Crippen molar-refractivity contribution in [3.05, 3.63) is 62.9 Å². The Kier molecular flexibility index (Phi) is 9.61. The average Bonchev–Trinajstić information content (AvgIpc) is 2.99. The maximum absolute atomic E-state index is 13.2. The Morgan fingerprint density at radius 2 is 1.80 bits per heavy atom. The molecule has 0 spiro atoms. The topological polar surface area (TPSA) is 93.1 Å². The summed E-state index contributed by atoms with van der Waals surface area (Å²) in [5, 5.41) is 0. The van der Waals surface area contributed by atoms with Crippen molar-refractivity contribution in [1.29, 1.82) is 0 Å². The van der Waals surface area contributed by atoms with Gasteiger partial charge in [0.05, 0.1) is 62.4 Å². The van der Waals surface area contributed by atoms with E-state index in [0.29, 0.717) is 50.3 Å². The van der Waals surface area contributed by atoms with Gasteiger partial charge in [0.2, 0.25) is 11.8 Å². The minimum absolute atomic E-state index is 0.105. The lowest BCUT2D eigenvalue weighted by Gasteiger charge is -2.43. The van der Waals surface area contributed by atoms with Crippen LogP contribution in [0.15, 0.2) is 51.7 Å². The third-order valence-corrected chi connectivity index (χ3v) is 8.28. The molecule has 2 atom stereocenters. The second-order valence-corrected chi connectivity index (χ2v) is 11.7. The second-order valence-electron chi connectivity index (χ2n) is 9.89. The van der Waals surface area contributed by atoms with E-state index in [1.807, 2.05) is 31.5 Å². The van der Waals surface area contributed by atoms with Crippen LogP contribution >= 0.6 is 31.9 Å². The molecule has 1 fully saturated rings. The number of carbonyl (C=O) groups is 1. The van der Waals surface area contributed by atoms with Crippen molar-refractivity contribution in [2.75, 3.05) is 54.7 Å². The number of carbonyl (C=O) groups excluding carboxylic acids is 1. The summed E-state index contributed by atoms with van der Waals surface area (Å²) >= 11 is 7.26. The summed E-state index contributed by atoms with van der Waals surface area (Å²) in [5.41, 5.74) is 3.46. The van der Waals surface area contributed by atoms with Gasteiger partial charge in [0.1, 0.15) is 0 Å². The number of hydrogen-bond donors (Lipinski definition) is 0. The fourth-order valence-electron chi connectivity index (χ4n) is 5.41. The van der Waals surface area contributed by atoms with E-state index in [1.54, 1.807) is 18.1 Å². The predicted octanol–water partition coefficient (Wildman–Crippen LogP) is 6.13. The molecule has 41 heavy (non-hydrogen) atoms. The molecule has 10 nitrogen and oxygen atoms in total. The summed E-state index contributed by atoms with van der Waals surface area (Å²) in [6.45, 7) is 7.70. The zero-order valence-electron chi connectivity index (χ0n) is 23.4. The predicted molar refractivity (Wildman–Crippen MR) is 165 cm³/mol. The number of pyridine rings is 1. The molecule has 12 heteroatoms. The first-order chi connectivity index (χ1) is 19.9. The number of methoxy groups -OCH3 is 1. The Balaban J connectivity index is 1.60. The maximum Gasteiger partial charge on any atom is 0.414 e. The zero-order valence-corrected chi connectivity index (χ0v) is 26.6. The summed E-state index contributed by atoms with van der Waals surface area (Å²) in [6.07, 6.45) is 4.74. The molecule has 3 aromatic rings. The Morgan fingerprint density at radius 3 is 2.44 bits per heavy atom. The Bertz CT molecular complexity index is 1340. The molecular weight excluding hydrogens is 656 g/mol. The number of benzene rings is 1. The Morgan fingerprint density at radius 1 is 1.10 bits per heavy atom. The van der Waals surface area contributed by atoms with Gasteiger partial charge in [0, 0.05) is 40.7 Å². The number of halogens is 2. The normalized spacial score (nSPS) is 18.6. The zero-order chi connectivity index (χ0) is 28.9. The highest BCUT2D eigenvalue weighted by Gasteiger charge is 2.40. The molecule has 2 aromatic heterocycles. The molecule has 1 aromatic carbocycles. The highest BCUT2D eigenvalue weighted by atomic mass is 79.9. The number of rotatable bonds is 8. The third-order valence-electron chi connectivity index (χ3n) is 7.37. The Hall–Kier alpha value is -2.96. The monoisotopic (exact) mass is 688 g/mol. The molecule has 218 valence electrons. The first-order valence-electron chi connectivity index (χ1n) is 13.8. The van der Waals surface area contributed by atoms with Crippen LogP contribution in [0.2, 0.25) is 0 Å². The van der Waals surface area contributed by atoms with Crippen molar-refractivity contribution < 1.29 is 19.0 Å². The van der Waals surface area contributed by atoms with Gasteiger partial charge in [-0.2, -0.15) is 0 Å². The molecule has 0 saturated carbocycles. The molecule has 1 amide bonds. The van der Waals surface area contributed by atoms with E-state index in [2.05, 4.69) is 60.7 Å². The van der Waals surface area contributed by atoms with Crippen molar-refractivity contribution in [2.24, 2.45) is 0 Å². The number of amides is 1. The number of fused-ring (bicyclic) bond motifs is 1. The van der Waals surface area contributed by atoms with Gasteiger partial charge in [-0.05, 0) is 49.6 Å². The first-order valence-corrected chi connectivity index (χ1v) is 15.4. The van der Waals surface area contributed by atoms with E-state index in [9.17, 15) is 4.79 Å². The van der Waals surface area contributed by atoms with Crippen molar-refractivity contribution in [2.45, 2.75) is 45.3 Å². The SMILES string of the molecule is CCOC(=O)N1c2ccc(OC)nc2C(N(Cc2cc(Br)cc(Br)c2)c2ncc(N3CCOCC3)cn2)C[C@H]1CC. The van der Waals surface area contributed by atoms with Crippen molar-refractivity contribution in [3.8, 4) is 5.88 Å². The second kappa shape index (κ2) is 13.3. The quantitative estimate of drug-likeness (QED) is 0.277. The number of morpholine rings is 1. The van der Waals surface area contributed by atoms with Crippen LogP contribution in [-0.4, -0.2) is 67.1 Å². The molecule has 0 aliphatic carbocycles. The highest BCUT2D eigenvalue weighted by Crippen LogP contribution is 2.43.